The van der Waals surface area contributed by atoms with Crippen molar-refractivity contribution >= 4 is 17.0 Å². The lowest BCUT2D eigenvalue weighted by Crippen LogP contribution is -2.37. The number of ether oxygens (including phenoxy) is 1. The summed E-state index contributed by atoms with van der Waals surface area (Å²) in [6.07, 6.45) is 1.05. The summed E-state index contributed by atoms with van der Waals surface area (Å²) < 4.78 is 18.4. The lowest BCUT2D eigenvalue weighted by atomic mass is 10.3. The summed E-state index contributed by atoms with van der Waals surface area (Å²) in [4.78, 5) is 9.85. The van der Waals surface area contributed by atoms with E-state index in [0.717, 1.165) is 56.8 Å². The third kappa shape index (κ3) is 3.26. The van der Waals surface area contributed by atoms with Crippen LogP contribution >= 0.6 is 0 Å². The van der Waals surface area contributed by atoms with Gasteiger partial charge in [-0.3, -0.25) is 4.90 Å². The molecule has 0 atom stereocenters. The number of aromatic nitrogens is 2. The molecule has 0 aliphatic carbocycles. The van der Waals surface area contributed by atoms with Gasteiger partial charge in [0.2, 0.25) is 5.95 Å². The number of nitrogens with zero attached hydrogens (tertiary/aromatic N) is 2. The van der Waals surface area contributed by atoms with E-state index in [4.69, 9.17) is 4.74 Å². The van der Waals surface area contributed by atoms with Crippen LogP contribution in [0.5, 0.6) is 0 Å². The highest BCUT2D eigenvalue weighted by molar-refractivity contribution is 5.77. The molecule has 1 aliphatic heterocycles. The number of hydrogen-bond donors (Lipinski definition) is 2. The summed E-state index contributed by atoms with van der Waals surface area (Å²) in [5.41, 5.74) is 1.50. The molecule has 1 fully saturated rings. The minimum atomic E-state index is -0.250. The predicted molar refractivity (Wildman–Crippen MR) is 76.4 cm³/mol. The molecular formula is C14H19FN4O. The Hall–Kier alpha value is -1.66. The van der Waals surface area contributed by atoms with Crippen LogP contribution in [-0.4, -0.2) is 54.3 Å². The number of morpholine rings is 1. The molecule has 2 N–H and O–H groups in total. The molecule has 1 aromatic heterocycles. The lowest BCUT2D eigenvalue weighted by Gasteiger charge is -2.26. The van der Waals surface area contributed by atoms with Gasteiger partial charge in [0.25, 0.3) is 0 Å². The monoisotopic (exact) mass is 278 g/mol. The van der Waals surface area contributed by atoms with Gasteiger partial charge in [0.05, 0.1) is 24.2 Å². The summed E-state index contributed by atoms with van der Waals surface area (Å²) in [5.74, 6) is 0.451. The summed E-state index contributed by atoms with van der Waals surface area (Å²) in [6.45, 7) is 5.61. The quantitative estimate of drug-likeness (QED) is 0.819. The van der Waals surface area contributed by atoms with Crippen LogP contribution in [0.4, 0.5) is 10.3 Å². The molecule has 0 spiro atoms. The number of rotatable bonds is 5. The number of hydrogen-bond acceptors (Lipinski definition) is 4. The van der Waals surface area contributed by atoms with Crippen molar-refractivity contribution in [3.05, 3.63) is 24.0 Å². The Kier molecular flexibility index (Phi) is 4.13. The van der Waals surface area contributed by atoms with Crippen LogP contribution in [0.3, 0.4) is 0 Å². The van der Waals surface area contributed by atoms with Gasteiger partial charge in [-0.15, -0.1) is 0 Å². The lowest BCUT2D eigenvalue weighted by molar-refractivity contribution is 0.0378. The number of aromatic amines is 1. The maximum Gasteiger partial charge on any atom is 0.201 e. The number of halogens is 1. The summed E-state index contributed by atoms with van der Waals surface area (Å²) in [5, 5.41) is 3.25. The zero-order valence-electron chi connectivity index (χ0n) is 11.4. The van der Waals surface area contributed by atoms with Crippen molar-refractivity contribution in [1.82, 2.24) is 14.9 Å². The molecule has 108 valence electrons. The van der Waals surface area contributed by atoms with E-state index in [2.05, 4.69) is 20.2 Å². The van der Waals surface area contributed by atoms with Crippen LogP contribution in [0.1, 0.15) is 6.42 Å². The van der Waals surface area contributed by atoms with Crippen LogP contribution in [0.15, 0.2) is 18.2 Å². The Morgan fingerprint density at radius 3 is 3.05 bits per heavy atom. The number of imidazole rings is 1. The number of H-pyrrole nitrogens is 1. The van der Waals surface area contributed by atoms with Gasteiger partial charge < -0.3 is 15.0 Å². The van der Waals surface area contributed by atoms with Gasteiger partial charge in [0, 0.05) is 19.6 Å². The number of benzene rings is 1. The van der Waals surface area contributed by atoms with Crippen molar-refractivity contribution in [2.24, 2.45) is 0 Å². The minimum absolute atomic E-state index is 0.250. The van der Waals surface area contributed by atoms with E-state index in [9.17, 15) is 4.39 Å². The molecule has 0 bridgehead atoms. The van der Waals surface area contributed by atoms with E-state index in [-0.39, 0.29) is 5.82 Å². The second kappa shape index (κ2) is 6.19. The van der Waals surface area contributed by atoms with Gasteiger partial charge in [-0.05, 0) is 31.2 Å². The Bertz CT molecular complexity index is 565. The normalized spacial score (nSPS) is 16.6. The molecule has 1 aromatic carbocycles. The molecule has 3 rings (SSSR count). The second-order valence-corrected chi connectivity index (χ2v) is 4.98. The molecular weight excluding hydrogens is 259 g/mol. The van der Waals surface area contributed by atoms with E-state index in [0.29, 0.717) is 5.95 Å². The van der Waals surface area contributed by atoms with E-state index in [1.165, 1.54) is 12.1 Å². The van der Waals surface area contributed by atoms with Gasteiger partial charge in [-0.2, -0.15) is 0 Å². The molecule has 5 nitrogen and oxygen atoms in total. The van der Waals surface area contributed by atoms with E-state index in [1.807, 2.05) is 0 Å². The first-order valence-electron chi connectivity index (χ1n) is 7.00. The van der Waals surface area contributed by atoms with Gasteiger partial charge in [0.15, 0.2) is 0 Å². The molecule has 1 saturated heterocycles. The van der Waals surface area contributed by atoms with E-state index in [1.54, 1.807) is 6.07 Å². The summed E-state index contributed by atoms with van der Waals surface area (Å²) in [7, 11) is 0. The predicted octanol–water partition coefficient (Wildman–Crippen LogP) is 1.84. The number of fused-ring (bicyclic) bond motifs is 1. The number of nitrogens with one attached hydrogen (secondary N) is 2. The Balaban J connectivity index is 1.47. The van der Waals surface area contributed by atoms with Crippen molar-refractivity contribution in [3.63, 3.8) is 0 Å². The first-order chi connectivity index (χ1) is 9.81. The largest absolute Gasteiger partial charge is 0.379 e. The van der Waals surface area contributed by atoms with Crippen molar-refractivity contribution < 1.29 is 9.13 Å². The van der Waals surface area contributed by atoms with Crippen molar-refractivity contribution in [2.75, 3.05) is 44.7 Å². The van der Waals surface area contributed by atoms with Crippen LogP contribution in [0.25, 0.3) is 11.0 Å². The maximum atomic E-state index is 13.1. The topological polar surface area (TPSA) is 53.2 Å². The molecule has 0 radical (unpaired) electrons. The van der Waals surface area contributed by atoms with Crippen molar-refractivity contribution in [2.45, 2.75) is 6.42 Å². The molecule has 20 heavy (non-hydrogen) atoms. The molecule has 0 unspecified atom stereocenters. The Morgan fingerprint density at radius 2 is 2.20 bits per heavy atom. The van der Waals surface area contributed by atoms with Gasteiger partial charge in [-0.1, -0.05) is 0 Å². The highest BCUT2D eigenvalue weighted by Crippen LogP contribution is 2.15. The molecule has 2 heterocycles. The molecule has 2 aromatic rings. The molecule has 0 saturated carbocycles. The zero-order valence-corrected chi connectivity index (χ0v) is 11.4. The maximum absolute atomic E-state index is 13.1. The van der Waals surface area contributed by atoms with Gasteiger partial charge in [0.1, 0.15) is 5.82 Å². The average molecular weight is 278 g/mol. The fourth-order valence-electron chi connectivity index (χ4n) is 2.40. The highest BCUT2D eigenvalue weighted by atomic mass is 19.1. The average Bonchev–Trinajstić information content (AvgIpc) is 2.86. The minimum Gasteiger partial charge on any atom is -0.379 e. The fourth-order valence-corrected chi connectivity index (χ4v) is 2.40. The van der Waals surface area contributed by atoms with Crippen LogP contribution in [-0.2, 0) is 4.74 Å². The van der Waals surface area contributed by atoms with E-state index < -0.39 is 0 Å². The van der Waals surface area contributed by atoms with Crippen LogP contribution < -0.4 is 5.32 Å². The second-order valence-electron chi connectivity index (χ2n) is 4.98. The van der Waals surface area contributed by atoms with Crippen LogP contribution in [0, 0.1) is 5.82 Å². The van der Waals surface area contributed by atoms with Crippen molar-refractivity contribution in [3.8, 4) is 0 Å². The SMILES string of the molecule is Fc1ccc2nc(NCCCN3CCOCC3)[nH]c2c1. The molecule has 1 aliphatic rings. The first kappa shape index (κ1) is 13.3. The third-order valence-electron chi connectivity index (χ3n) is 3.49. The van der Waals surface area contributed by atoms with Gasteiger partial charge in [-0.25, -0.2) is 9.37 Å². The van der Waals surface area contributed by atoms with Gasteiger partial charge >= 0.3 is 0 Å². The number of anilines is 1. The van der Waals surface area contributed by atoms with Crippen molar-refractivity contribution in [1.29, 1.82) is 0 Å². The molecule has 6 heteroatoms. The first-order valence-corrected chi connectivity index (χ1v) is 7.00. The standard InChI is InChI=1S/C14H19FN4O/c15-11-2-3-12-13(10-11)18-14(17-12)16-4-1-5-19-6-8-20-9-7-19/h2-3,10H,1,4-9H2,(H2,16,17,18). The smallest absolute Gasteiger partial charge is 0.201 e. The highest BCUT2D eigenvalue weighted by Gasteiger charge is 2.09. The summed E-state index contributed by atoms with van der Waals surface area (Å²) in [6, 6.07) is 4.56. The molecule has 0 amide bonds. The Morgan fingerprint density at radius 1 is 1.35 bits per heavy atom. The Labute approximate surface area is 117 Å². The third-order valence-corrected chi connectivity index (χ3v) is 3.49. The van der Waals surface area contributed by atoms with Crippen LogP contribution in [0.2, 0.25) is 0 Å². The summed E-state index contributed by atoms with van der Waals surface area (Å²) >= 11 is 0. The fraction of sp³-hybridized carbons (Fsp3) is 0.500. The zero-order chi connectivity index (χ0) is 13.8. The van der Waals surface area contributed by atoms with E-state index >= 15 is 0 Å².